The molecule has 1 aliphatic rings. The summed E-state index contributed by atoms with van der Waals surface area (Å²) in [4.78, 5) is 14.7. The predicted octanol–water partition coefficient (Wildman–Crippen LogP) is 5.42. The lowest BCUT2D eigenvalue weighted by Gasteiger charge is -2.23. The summed E-state index contributed by atoms with van der Waals surface area (Å²) in [5.41, 5.74) is 1.22. The molecule has 2 unspecified atom stereocenters. The van der Waals surface area contributed by atoms with Gasteiger partial charge in [-0.1, -0.05) is 23.7 Å². The Morgan fingerprint density at radius 1 is 1.27 bits per heavy atom. The summed E-state index contributed by atoms with van der Waals surface area (Å²) in [7, 11) is -2.77. The first kappa shape index (κ1) is 23.7. The Bertz CT molecular complexity index is 1230. The van der Waals surface area contributed by atoms with Crippen molar-refractivity contribution < 1.29 is 22.3 Å². The maximum absolute atomic E-state index is 15.2. The van der Waals surface area contributed by atoms with Gasteiger partial charge in [0.15, 0.2) is 5.13 Å². The fourth-order valence-corrected chi connectivity index (χ4v) is 6.82. The van der Waals surface area contributed by atoms with E-state index in [4.69, 9.17) is 16.3 Å². The van der Waals surface area contributed by atoms with Crippen molar-refractivity contribution >= 4 is 44.4 Å². The first-order valence-electron chi connectivity index (χ1n) is 10.3. The van der Waals surface area contributed by atoms with Crippen LogP contribution in [0.3, 0.4) is 0 Å². The zero-order valence-corrected chi connectivity index (χ0v) is 20.2. The topological polar surface area (TPSA) is 76.6 Å². The molecule has 2 atom stereocenters. The number of sulfonamides is 1. The number of anilines is 1. The lowest BCUT2D eigenvalue weighted by atomic mass is 9.96. The summed E-state index contributed by atoms with van der Waals surface area (Å²) in [6.45, 7) is -0.0394. The highest BCUT2D eigenvalue weighted by Crippen LogP contribution is 2.42. The molecular formula is C23H22ClFN2O4S2. The summed E-state index contributed by atoms with van der Waals surface area (Å²) >= 11 is 7.57. The summed E-state index contributed by atoms with van der Waals surface area (Å²) < 4.78 is 48.6. The number of nitrogens with zero attached hydrogens (tertiary/aromatic N) is 2. The number of benzene rings is 2. The maximum atomic E-state index is 15.2. The van der Waals surface area contributed by atoms with Gasteiger partial charge in [0.05, 0.1) is 13.7 Å². The summed E-state index contributed by atoms with van der Waals surface area (Å²) in [6.07, 6.45) is 4.40. The third-order valence-electron chi connectivity index (χ3n) is 5.84. The van der Waals surface area contributed by atoms with Crippen molar-refractivity contribution in [3.63, 3.8) is 0 Å². The molecule has 4 rings (SSSR count). The number of ether oxygens (including phenoxy) is 1. The first-order chi connectivity index (χ1) is 15.8. The van der Waals surface area contributed by atoms with E-state index in [0.717, 1.165) is 21.9 Å². The molecule has 0 aliphatic heterocycles. The average Bonchev–Trinajstić information content (AvgIpc) is 3.51. The predicted molar refractivity (Wildman–Crippen MR) is 126 cm³/mol. The molecule has 0 N–H and O–H groups in total. The highest BCUT2D eigenvalue weighted by Gasteiger charge is 2.33. The molecular weight excluding hydrogens is 487 g/mol. The Balaban J connectivity index is 1.70. The van der Waals surface area contributed by atoms with Crippen LogP contribution in [-0.4, -0.2) is 26.8 Å². The fourth-order valence-electron chi connectivity index (χ4n) is 4.09. The Morgan fingerprint density at radius 3 is 2.64 bits per heavy atom. The molecule has 1 saturated carbocycles. The summed E-state index contributed by atoms with van der Waals surface area (Å²) in [6, 6.07) is 9.30. The molecule has 2 aromatic carbocycles. The third kappa shape index (κ3) is 4.90. The van der Waals surface area contributed by atoms with E-state index in [1.54, 1.807) is 36.8 Å². The van der Waals surface area contributed by atoms with Gasteiger partial charge in [-0.05, 0) is 60.6 Å². The number of carbonyl (C=O) groups excluding carboxylic acids is 1. The summed E-state index contributed by atoms with van der Waals surface area (Å²) in [5, 5.41) is 2.05. The molecule has 0 saturated heterocycles. The third-order valence-corrected chi connectivity index (χ3v) is 8.83. The number of carbonyl (C=O) groups is 1. The highest BCUT2D eigenvalue weighted by molar-refractivity contribution is 7.93. The minimum atomic E-state index is -4.31. The lowest BCUT2D eigenvalue weighted by Crippen LogP contribution is -2.31. The van der Waals surface area contributed by atoms with Crippen LogP contribution in [0, 0.1) is 11.7 Å². The van der Waals surface area contributed by atoms with E-state index in [9.17, 15) is 13.2 Å². The van der Waals surface area contributed by atoms with Crippen LogP contribution in [0.15, 0.2) is 52.9 Å². The van der Waals surface area contributed by atoms with Crippen molar-refractivity contribution in [2.75, 3.05) is 11.4 Å². The average molecular weight is 509 g/mol. The largest absolute Gasteiger partial charge is 0.497 e. The van der Waals surface area contributed by atoms with Gasteiger partial charge in [-0.3, -0.25) is 0 Å². The number of halogens is 2. The first-order valence-corrected chi connectivity index (χ1v) is 13.0. The van der Waals surface area contributed by atoms with Crippen LogP contribution >= 0.6 is 22.9 Å². The smallest absolute Gasteiger partial charge is 0.269 e. The molecule has 10 heteroatoms. The second-order valence-corrected chi connectivity index (χ2v) is 11.0. The van der Waals surface area contributed by atoms with Gasteiger partial charge in [0.2, 0.25) is 0 Å². The van der Waals surface area contributed by atoms with E-state index in [1.165, 1.54) is 18.3 Å². The minimum absolute atomic E-state index is 0.0394. The number of methoxy groups -OCH3 is 1. The molecule has 1 heterocycles. The molecule has 0 bridgehead atoms. The molecule has 1 aromatic heterocycles. The van der Waals surface area contributed by atoms with E-state index in [1.807, 2.05) is 0 Å². The van der Waals surface area contributed by atoms with Crippen molar-refractivity contribution in [2.24, 2.45) is 5.92 Å². The van der Waals surface area contributed by atoms with E-state index in [-0.39, 0.29) is 28.5 Å². The minimum Gasteiger partial charge on any atom is -0.497 e. The molecule has 33 heavy (non-hydrogen) atoms. The number of hydrogen-bond donors (Lipinski definition) is 0. The second kappa shape index (κ2) is 9.79. The van der Waals surface area contributed by atoms with Gasteiger partial charge in [0.25, 0.3) is 10.0 Å². The Hall–Kier alpha value is -2.49. The molecule has 174 valence electrons. The Morgan fingerprint density at radius 2 is 2.03 bits per heavy atom. The normalized spacial score (nSPS) is 18.3. The van der Waals surface area contributed by atoms with Crippen molar-refractivity contribution in [1.82, 2.24) is 4.98 Å². The number of aldehydes is 1. The van der Waals surface area contributed by atoms with E-state index >= 15 is 4.39 Å². The molecule has 0 amide bonds. The standard InChI is InChI=1S/C23H22ClFN2O4S2/c1-31-18-6-3-15(4-7-18)13-27(23-26-8-9-32-23)33(29,30)22-12-20(24)19(11-21(22)25)17-5-2-16(10-17)14-28/h3-4,6-9,11-12,14,16-17H,2,5,10,13H2,1H3. The van der Waals surface area contributed by atoms with Crippen LogP contribution in [0.1, 0.15) is 36.3 Å². The van der Waals surface area contributed by atoms with Gasteiger partial charge >= 0.3 is 0 Å². The van der Waals surface area contributed by atoms with Crippen LogP contribution in [0.25, 0.3) is 0 Å². The summed E-state index contributed by atoms with van der Waals surface area (Å²) in [5.74, 6) is -0.393. The molecule has 0 spiro atoms. The second-order valence-electron chi connectivity index (χ2n) is 7.88. The molecule has 3 aromatic rings. The van der Waals surface area contributed by atoms with Gasteiger partial charge in [-0.2, -0.15) is 0 Å². The molecule has 1 aliphatic carbocycles. The van der Waals surface area contributed by atoms with E-state index < -0.39 is 20.7 Å². The number of rotatable bonds is 8. The van der Waals surface area contributed by atoms with Crippen LogP contribution in [-0.2, 0) is 21.4 Å². The lowest BCUT2D eigenvalue weighted by molar-refractivity contribution is -0.110. The van der Waals surface area contributed by atoms with Crippen LogP contribution < -0.4 is 9.04 Å². The van der Waals surface area contributed by atoms with Crippen molar-refractivity contribution in [3.8, 4) is 5.75 Å². The van der Waals surface area contributed by atoms with Crippen molar-refractivity contribution in [2.45, 2.75) is 36.6 Å². The molecule has 0 radical (unpaired) electrons. The fraction of sp³-hybridized carbons (Fsp3) is 0.304. The Kier molecular flexibility index (Phi) is 7.02. The van der Waals surface area contributed by atoms with Gasteiger partial charge in [-0.25, -0.2) is 22.1 Å². The SMILES string of the molecule is COc1ccc(CN(c2nccs2)S(=O)(=O)c2cc(Cl)c(C3CCC(C=O)C3)cc2F)cc1. The Labute approximate surface area is 201 Å². The number of hydrogen-bond acceptors (Lipinski definition) is 6. The van der Waals surface area contributed by atoms with Gasteiger partial charge < -0.3 is 9.53 Å². The molecule has 1 fully saturated rings. The maximum Gasteiger partial charge on any atom is 0.269 e. The molecule has 6 nitrogen and oxygen atoms in total. The van der Waals surface area contributed by atoms with E-state index in [0.29, 0.717) is 36.1 Å². The quantitative estimate of drug-likeness (QED) is 0.379. The number of aromatic nitrogens is 1. The number of thiazole rings is 1. The van der Waals surface area contributed by atoms with Gasteiger partial charge in [0, 0.05) is 22.5 Å². The van der Waals surface area contributed by atoms with Crippen LogP contribution in [0.2, 0.25) is 5.02 Å². The van der Waals surface area contributed by atoms with E-state index in [2.05, 4.69) is 4.98 Å². The zero-order chi connectivity index (χ0) is 23.6. The van der Waals surface area contributed by atoms with Gasteiger partial charge in [-0.15, -0.1) is 11.3 Å². The monoisotopic (exact) mass is 508 g/mol. The van der Waals surface area contributed by atoms with Gasteiger partial charge in [0.1, 0.15) is 22.7 Å². The highest BCUT2D eigenvalue weighted by atomic mass is 35.5. The van der Waals surface area contributed by atoms with Crippen molar-refractivity contribution in [3.05, 3.63) is 69.9 Å². The zero-order valence-electron chi connectivity index (χ0n) is 17.8. The van der Waals surface area contributed by atoms with Crippen molar-refractivity contribution in [1.29, 1.82) is 0 Å². The van der Waals surface area contributed by atoms with Crippen LogP contribution in [0.5, 0.6) is 5.75 Å². The van der Waals surface area contributed by atoms with Crippen LogP contribution in [0.4, 0.5) is 9.52 Å².